The predicted octanol–water partition coefficient (Wildman–Crippen LogP) is 3.40. The molecule has 3 aliphatic rings. The summed E-state index contributed by atoms with van der Waals surface area (Å²) in [7, 11) is 0. The van der Waals surface area contributed by atoms with Gasteiger partial charge in [0.05, 0.1) is 6.04 Å². The van der Waals surface area contributed by atoms with Crippen LogP contribution in [0.15, 0.2) is 24.3 Å². The number of nitrogens with one attached hydrogen (secondary N) is 1. The second-order valence-corrected chi connectivity index (χ2v) is 9.30. The Morgan fingerprint density at radius 2 is 1.58 bits per heavy atom. The average molecular weight is 426 g/mol. The minimum atomic E-state index is -0.366. The Labute approximate surface area is 185 Å². The van der Waals surface area contributed by atoms with Gasteiger partial charge in [0.15, 0.2) is 5.78 Å². The zero-order valence-electron chi connectivity index (χ0n) is 18.6. The van der Waals surface area contributed by atoms with Crippen molar-refractivity contribution in [3.05, 3.63) is 29.8 Å². The molecule has 0 aromatic heterocycles. The van der Waals surface area contributed by atoms with Gasteiger partial charge in [-0.1, -0.05) is 26.2 Å². The molecular formula is C25H35N3O3. The first-order valence-corrected chi connectivity index (χ1v) is 12.0. The van der Waals surface area contributed by atoms with E-state index in [2.05, 4.69) is 10.2 Å². The van der Waals surface area contributed by atoms with Crippen molar-refractivity contribution in [2.75, 3.05) is 31.1 Å². The summed E-state index contributed by atoms with van der Waals surface area (Å²) in [6.07, 6.45) is 8.10. The highest BCUT2D eigenvalue weighted by Gasteiger charge is 2.34. The predicted molar refractivity (Wildman–Crippen MR) is 121 cm³/mol. The van der Waals surface area contributed by atoms with Crippen molar-refractivity contribution in [2.24, 2.45) is 11.8 Å². The Balaban J connectivity index is 1.34. The molecule has 2 aliphatic carbocycles. The van der Waals surface area contributed by atoms with E-state index in [1.165, 1.54) is 6.42 Å². The Morgan fingerprint density at radius 1 is 0.935 bits per heavy atom. The van der Waals surface area contributed by atoms with Gasteiger partial charge in [-0.25, -0.2) is 0 Å². The summed E-state index contributed by atoms with van der Waals surface area (Å²) in [6, 6.07) is 7.28. The molecule has 2 amide bonds. The van der Waals surface area contributed by atoms with Crippen LogP contribution in [0.5, 0.6) is 0 Å². The first-order valence-electron chi connectivity index (χ1n) is 12.0. The molecule has 3 fully saturated rings. The second kappa shape index (κ2) is 9.84. The number of Topliss-reactive ketones (excluding diaryl/α,β-unsaturated/α-hetero) is 1. The lowest BCUT2D eigenvalue weighted by atomic mass is 9.81. The van der Waals surface area contributed by atoms with E-state index < -0.39 is 0 Å². The number of carbonyl (C=O) groups excluding carboxylic acids is 3. The first kappa shape index (κ1) is 21.8. The summed E-state index contributed by atoms with van der Waals surface area (Å²) in [5.74, 6) is 0.834. The summed E-state index contributed by atoms with van der Waals surface area (Å²) in [5, 5.41) is 3.04. The number of benzene rings is 1. The van der Waals surface area contributed by atoms with E-state index in [-0.39, 0.29) is 29.6 Å². The Morgan fingerprint density at radius 3 is 2.16 bits per heavy atom. The van der Waals surface area contributed by atoms with Gasteiger partial charge >= 0.3 is 0 Å². The van der Waals surface area contributed by atoms with Crippen LogP contribution in [0.3, 0.4) is 0 Å². The van der Waals surface area contributed by atoms with Crippen molar-refractivity contribution < 1.29 is 14.4 Å². The lowest BCUT2D eigenvalue weighted by Crippen LogP contribution is -2.49. The summed E-state index contributed by atoms with van der Waals surface area (Å²) in [4.78, 5) is 41.9. The van der Waals surface area contributed by atoms with Gasteiger partial charge in [0.2, 0.25) is 5.91 Å². The van der Waals surface area contributed by atoms with Crippen molar-refractivity contribution >= 4 is 23.3 Å². The fourth-order valence-electron chi connectivity index (χ4n) is 4.97. The maximum Gasteiger partial charge on any atom is 0.251 e. The maximum atomic E-state index is 12.9. The molecule has 6 heteroatoms. The molecule has 1 aliphatic heterocycles. The van der Waals surface area contributed by atoms with Gasteiger partial charge in [0.25, 0.3) is 5.91 Å². The van der Waals surface area contributed by atoms with E-state index in [0.29, 0.717) is 17.9 Å². The first-order chi connectivity index (χ1) is 15.1. The number of hydrogen-bond donors (Lipinski definition) is 1. The Hall–Kier alpha value is -2.37. The van der Waals surface area contributed by atoms with E-state index >= 15 is 0 Å². The molecule has 1 atom stereocenters. The molecule has 6 nitrogen and oxygen atoms in total. The molecule has 1 heterocycles. The number of carbonyl (C=O) groups is 3. The molecular weight excluding hydrogens is 390 g/mol. The van der Waals surface area contributed by atoms with E-state index in [1.54, 1.807) is 0 Å². The molecule has 2 saturated carbocycles. The molecule has 4 rings (SSSR count). The molecule has 168 valence electrons. The molecule has 31 heavy (non-hydrogen) atoms. The highest BCUT2D eigenvalue weighted by molar-refractivity contribution is 5.98. The van der Waals surface area contributed by atoms with Crippen LogP contribution in [0.2, 0.25) is 0 Å². The zero-order valence-corrected chi connectivity index (χ0v) is 18.6. The lowest BCUT2D eigenvalue weighted by molar-refractivity contribution is -0.132. The fourth-order valence-corrected chi connectivity index (χ4v) is 4.97. The molecule has 1 aromatic carbocycles. The molecule has 0 bridgehead atoms. The van der Waals surface area contributed by atoms with Gasteiger partial charge in [-0.15, -0.1) is 0 Å². The smallest absolute Gasteiger partial charge is 0.251 e. The Kier molecular flexibility index (Phi) is 6.93. The lowest BCUT2D eigenvalue weighted by Gasteiger charge is -2.36. The van der Waals surface area contributed by atoms with Crippen LogP contribution in [0.25, 0.3) is 0 Å². The van der Waals surface area contributed by atoms with Crippen LogP contribution >= 0.6 is 0 Å². The number of amides is 2. The number of ketones is 1. The Bertz CT molecular complexity index is 789. The van der Waals surface area contributed by atoms with Crippen LogP contribution in [-0.2, 0) is 9.59 Å². The number of nitrogens with zero attached hydrogens (tertiary/aromatic N) is 2. The van der Waals surface area contributed by atoms with E-state index in [4.69, 9.17) is 0 Å². The van der Waals surface area contributed by atoms with E-state index in [0.717, 1.165) is 70.4 Å². The van der Waals surface area contributed by atoms with Gasteiger partial charge in [0, 0.05) is 49.8 Å². The third-order valence-electron chi connectivity index (χ3n) is 7.12. The van der Waals surface area contributed by atoms with Crippen LogP contribution in [0.1, 0.15) is 68.6 Å². The molecule has 1 aromatic rings. The zero-order chi connectivity index (χ0) is 21.8. The number of piperazine rings is 1. The fraction of sp³-hybridized carbons (Fsp3) is 0.640. The highest BCUT2D eigenvalue weighted by Crippen LogP contribution is 2.31. The third kappa shape index (κ3) is 5.28. The molecule has 0 spiro atoms. The van der Waals surface area contributed by atoms with Gasteiger partial charge in [-0.3, -0.25) is 14.4 Å². The van der Waals surface area contributed by atoms with Gasteiger partial charge in [-0.05, 0) is 55.9 Å². The average Bonchev–Trinajstić information content (AvgIpc) is 3.68. The standard InChI is InChI=1S/C25H35N3O3/c1-2-22(29)23(18-6-4-3-5-7-18)26-24(30)19-10-12-21(13-11-19)27-14-16-28(17-15-27)25(31)20-8-9-20/h10-13,18,20,23H,2-9,14-17H2,1H3,(H,26,30). The van der Waals surface area contributed by atoms with E-state index in [9.17, 15) is 14.4 Å². The summed E-state index contributed by atoms with van der Waals surface area (Å²) in [5.41, 5.74) is 1.67. The summed E-state index contributed by atoms with van der Waals surface area (Å²) >= 11 is 0. The quantitative estimate of drug-likeness (QED) is 0.727. The minimum Gasteiger partial charge on any atom is -0.368 e. The summed E-state index contributed by atoms with van der Waals surface area (Å²) in [6.45, 7) is 5.04. The second-order valence-electron chi connectivity index (χ2n) is 9.30. The van der Waals surface area contributed by atoms with Crippen molar-refractivity contribution in [1.29, 1.82) is 0 Å². The van der Waals surface area contributed by atoms with Gasteiger partial charge in [0.1, 0.15) is 0 Å². The molecule has 1 unspecified atom stereocenters. The number of hydrogen-bond acceptors (Lipinski definition) is 4. The van der Waals surface area contributed by atoms with E-state index in [1.807, 2.05) is 36.1 Å². The third-order valence-corrected chi connectivity index (χ3v) is 7.12. The number of rotatable bonds is 7. The number of anilines is 1. The van der Waals surface area contributed by atoms with Crippen LogP contribution in [0.4, 0.5) is 5.69 Å². The molecule has 1 saturated heterocycles. The van der Waals surface area contributed by atoms with Crippen molar-refractivity contribution in [1.82, 2.24) is 10.2 Å². The van der Waals surface area contributed by atoms with Gasteiger partial charge in [-0.2, -0.15) is 0 Å². The largest absolute Gasteiger partial charge is 0.368 e. The van der Waals surface area contributed by atoms with Gasteiger partial charge < -0.3 is 15.1 Å². The topological polar surface area (TPSA) is 69.7 Å². The molecule has 1 N–H and O–H groups in total. The van der Waals surface area contributed by atoms with Crippen LogP contribution < -0.4 is 10.2 Å². The van der Waals surface area contributed by atoms with Crippen molar-refractivity contribution in [2.45, 2.75) is 64.3 Å². The minimum absolute atomic E-state index is 0.135. The molecule has 0 radical (unpaired) electrons. The SMILES string of the molecule is CCC(=O)C(NC(=O)c1ccc(N2CCN(C(=O)C3CC3)CC2)cc1)C1CCCCC1. The summed E-state index contributed by atoms with van der Waals surface area (Å²) < 4.78 is 0. The van der Waals surface area contributed by atoms with Crippen LogP contribution in [-0.4, -0.2) is 54.7 Å². The highest BCUT2D eigenvalue weighted by atomic mass is 16.2. The van der Waals surface area contributed by atoms with Crippen molar-refractivity contribution in [3.63, 3.8) is 0 Å². The monoisotopic (exact) mass is 425 g/mol. The van der Waals surface area contributed by atoms with Crippen molar-refractivity contribution in [3.8, 4) is 0 Å². The normalized spacial score (nSPS) is 20.9. The van der Waals surface area contributed by atoms with Crippen LogP contribution in [0, 0.1) is 11.8 Å². The maximum absolute atomic E-state index is 12.9.